The fourth-order valence-electron chi connectivity index (χ4n) is 3.27. The maximum absolute atomic E-state index is 12.5. The maximum atomic E-state index is 12.5. The molecule has 0 aliphatic heterocycles. The molecular weight excluding hydrogens is 220 g/mol. The van der Waals surface area contributed by atoms with Crippen LogP contribution in [-0.4, -0.2) is 5.78 Å². The minimum Gasteiger partial charge on any atom is -0.299 e. The van der Waals surface area contributed by atoms with Crippen LogP contribution in [0, 0.1) is 11.3 Å². The number of allylic oxidation sites excluding steroid dienone is 4. The molecule has 18 heavy (non-hydrogen) atoms. The van der Waals surface area contributed by atoms with Crippen LogP contribution in [0.5, 0.6) is 0 Å². The van der Waals surface area contributed by atoms with Crippen molar-refractivity contribution in [1.29, 1.82) is 0 Å². The third-order valence-electron chi connectivity index (χ3n) is 4.83. The molecule has 2 aliphatic rings. The smallest absolute Gasteiger partial charge is 0.142 e. The monoisotopic (exact) mass is 246 g/mol. The predicted molar refractivity (Wildman–Crippen MR) is 76.4 cm³/mol. The summed E-state index contributed by atoms with van der Waals surface area (Å²) in [5, 5.41) is 0. The molecule has 0 N–H and O–H groups in total. The first-order valence-electron chi connectivity index (χ1n) is 7.37. The quantitative estimate of drug-likeness (QED) is 0.560. The zero-order chi connectivity index (χ0) is 13.2. The minimum absolute atomic E-state index is 0.0667. The van der Waals surface area contributed by atoms with E-state index in [-0.39, 0.29) is 5.41 Å². The molecule has 0 radical (unpaired) electrons. The van der Waals surface area contributed by atoms with Crippen molar-refractivity contribution in [2.75, 3.05) is 0 Å². The first-order chi connectivity index (χ1) is 8.51. The number of ketones is 1. The summed E-state index contributed by atoms with van der Waals surface area (Å²) < 4.78 is 0. The number of hydrogen-bond donors (Lipinski definition) is 0. The highest BCUT2D eigenvalue weighted by Gasteiger charge is 2.42. The van der Waals surface area contributed by atoms with Gasteiger partial charge in [0.25, 0.3) is 0 Å². The Morgan fingerprint density at radius 3 is 2.61 bits per heavy atom. The summed E-state index contributed by atoms with van der Waals surface area (Å²) >= 11 is 0. The van der Waals surface area contributed by atoms with Crippen LogP contribution in [-0.2, 0) is 4.79 Å². The van der Waals surface area contributed by atoms with E-state index in [9.17, 15) is 4.79 Å². The third-order valence-corrected chi connectivity index (χ3v) is 4.83. The van der Waals surface area contributed by atoms with Gasteiger partial charge in [0, 0.05) is 11.3 Å². The highest BCUT2D eigenvalue weighted by molar-refractivity contribution is 5.88. The molecule has 0 spiro atoms. The zero-order valence-corrected chi connectivity index (χ0v) is 12.1. The zero-order valence-electron chi connectivity index (χ0n) is 12.1. The molecule has 0 aromatic rings. The molecule has 1 saturated carbocycles. The normalized spacial score (nSPS) is 40.2. The molecule has 1 heteroatoms. The van der Waals surface area contributed by atoms with Gasteiger partial charge >= 0.3 is 0 Å². The highest BCUT2D eigenvalue weighted by Crippen LogP contribution is 2.43. The predicted octanol–water partition coefficient (Wildman–Crippen LogP) is 4.83. The Balaban J connectivity index is 2.19. The SMILES string of the molecule is C/C1=C\C[C@@]2(C)CCC(CC/C(C)=C/CC1)C2=O. The van der Waals surface area contributed by atoms with Crippen molar-refractivity contribution >= 4 is 5.78 Å². The average molecular weight is 246 g/mol. The molecule has 2 aliphatic carbocycles. The fraction of sp³-hybridized carbons (Fsp3) is 0.706. The molecule has 0 heterocycles. The molecule has 2 atom stereocenters. The number of hydrogen-bond acceptors (Lipinski definition) is 1. The lowest BCUT2D eigenvalue weighted by Gasteiger charge is -2.22. The number of fused-ring (bicyclic) bond motifs is 2. The van der Waals surface area contributed by atoms with Crippen molar-refractivity contribution in [3.8, 4) is 0 Å². The van der Waals surface area contributed by atoms with Gasteiger partial charge in [0.15, 0.2) is 0 Å². The van der Waals surface area contributed by atoms with Crippen molar-refractivity contribution < 1.29 is 4.79 Å². The van der Waals surface area contributed by atoms with E-state index in [0.29, 0.717) is 11.7 Å². The van der Waals surface area contributed by atoms with Crippen LogP contribution in [0.3, 0.4) is 0 Å². The molecule has 0 aromatic heterocycles. The highest BCUT2D eigenvalue weighted by atomic mass is 16.1. The Bertz CT molecular complexity index is 388. The molecule has 0 aromatic carbocycles. The van der Waals surface area contributed by atoms with E-state index >= 15 is 0 Å². The second-order valence-corrected chi connectivity index (χ2v) is 6.54. The Morgan fingerprint density at radius 2 is 1.83 bits per heavy atom. The van der Waals surface area contributed by atoms with Crippen LogP contribution in [0.1, 0.15) is 65.7 Å². The molecule has 2 rings (SSSR count). The van der Waals surface area contributed by atoms with Gasteiger partial charge in [0.05, 0.1) is 0 Å². The van der Waals surface area contributed by atoms with Gasteiger partial charge in [-0.2, -0.15) is 0 Å². The number of Topliss-reactive ketones (excluding diaryl/α,β-unsaturated/α-hetero) is 1. The van der Waals surface area contributed by atoms with E-state index in [2.05, 4.69) is 32.9 Å². The fourth-order valence-corrected chi connectivity index (χ4v) is 3.27. The number of rotatable bonds is 0. The number of carbonyl (C=O) groups is 1. The van der Waals surface area contributed by atoms with E-state index in [1.807, 2.05) is 0 Å². The van der Waals surface area contributed by atoms with Crippen molar-refractivity contribution in [2.24, 2.45) is 11.3 Å². The van der Waals surface area contributed by atoms with E-state index in [1.54, 1.807) is 0 Å². The van der Waals surface area contributed by atoms with Crippen LogP contribution < -0.4 is 0 Å². The second-order valence-electron chi connectivity index (χ2n) is 6.54. The molecule has 0 saturated heterocycles. The van der Waals surface area contributed by atoms with Gasteiger partial charge in [-0.25, -0.2) is 0 Å². The van der Waals surface area contributed by atoms with Gasteiger partial charge in [0.2, 0.25) is 0 Å². The molecule has 100 valence electrons. The van der Waals surface area contributed by atoms with E-state index in [0.717, 1.165) is 44.9 Å². The average Bonchev–Trinajstić information content (AvgIpc) is 2.62. The van der Waals surface area contributed by atoms with Gasteiger partial charge in [-0.1, -0.05) is 30.2 Å². The minimum atomic E-state index is -0.0667. The van der Waals surface area contributed by atoms with Gasteiger partial charge in [-0.3, -0.25) is 4.79 Å². The lowest BCUT2D eigenvalue weighted by Crippen LogP contribution is -2.25. The van der Waals surface area contributed by atoms with Crippen molar-refractivity contribution in [3.63, 3.8) is 0 Å². The summed E-state index contributed by atoms with van der Waals surface area (Å²) in [7, 11) is 0. The topological polar surface area (TPSA) is 17.1 Å². The van der Waals surface area contributed by atoms with E-state index in [1.165, 1.54) is 11.1 Å². The van der Waals surface area contributed by atoms with Crippen molar-refractivity contribution in [2.45, 2.75) is 65.7 Å². The molecule has 1 nitrogen and oxygen atoms in total. The summed E-state index contributed by atoms with van der Waals surface area (Å²) in [5.74, 6) is 0.853. The summed E-state index contributed by atoms with van der Waals surface area (Å²) in [4.78, 5) is 12.5. The molecule has 1 unspecified atom stereocenters. The first kappa shape index (κ1) is 13.6. The number of carbonyl (C=O) groups excluding carboxylic acids is 1. The lowest BCUT2D eigenvalue weighted by molar-refractivity contribution is -0.128. The Hall–Kier alpha value is -0.850. The van der Waals surface area contributed by atoms with Crippen LogP contribution in [0.15, 0.2) is 23.3 Å². The summed E-state index contributed by atoms with van der Waals surface area (Å²) in [5.41, 5.74) is 2.84. The lowest BCUT2D eigenvalue weighted by atomic mass is 9.81. The first-order valence-corrected chi connectivity index (χ1v) is 7.37. The van der Waals surface area contributed by atoms with Gasteiger partial charge in [-0.05, 0) is 58.8 Å². The Kier molecular flexibility index (Phi) is 4.09. The van der Waals surface area contributed by atoms with Gasteiger partial charge in [-0.15, -0.1) is 0 Å². The van der Waals surface area contributed by atoms with Crippen LogP contribution in [0.4, 0.5) is 0 Å². The Morgan fingerprint density at radius 1 is 1.11 bits per heavy atom. The summed E-state index contributed by atoms with van der Waals surface area (Å²) in [6.45, 7) is 6.59. The molecule has 1 fully saturated rings. The summed E-state index contributed by atoms with van der Waals surface area (Å²) in [6.07, 6.45) is 12.3. The Labute approximate surface area is 111 Å². The van der Waals surface area contributed by atoms with Crippen molar-refractivity contribution in [1.82, 2.24) is 0 Å². The molecular formula is C17H26O. The largest absolute Gasteiger partial charge is 0.299 e. The maximum Gasteiger partial charge on any atom is 0.142 e. The second kappa shape index (κ2) is 5.42. The van der Waals surface area contributed by atoms with Crippen LogP contribution in [0.25, 0.3) is 0 Å². The molecule has 0 amide bonds. The standard InChI is InChI=1S/C17H26O/c1-13-5-4-6-14(2)9-11-17(3)12-10-15(8-7-13)16(17)18/h5,9,15H,4,6-8,10-12H2,1-3H3/b13-5+,14-9+/t15?,17-/m0/s1. The van der Waals surface area contributed by atoms with E-state index in [4.69, 9.17) is 0 Å². The van der Waals surface area contributed by atoms with Crippen molar-refractivity contribution in [3.05, 3.63) is 23.3 Å². The molecule has 2 bridgehead atoms. The summed E-state index contributed by atoms with van der Waals surface area (Å²) in [6, 6.07) is 0. The van der Waals surface area contributed by atoms with Crippen LogP contribution >= 0.6 is 0 Å². The van der Waals surface area contributed by atoms with E-state index < -0.39 is 0 Å². The van der Waals surface area contributed by atoms with Gasteiger partial charge < -0.3 is 0 Å². The van der Waals surface area contributed by atoms with Crippen LogP contribution in [0.2, 0.25) is 0 Å². The third kappa shape index (κ3) is 2.93. The van der Waals surface area contributed by atoms with Gasteiger partial charge in [0.1, 0.15) is 5.78 Å².